The summed E-state index contributed by atoms with van der Waals surface area (Å²) < 4.78 is 51.2. The summed E-state index contributed by atoms with van der Waals surface area (Å²) in [5.74, 6) is -0.789. The maximum atomic E-state index is 13.6. The molecule has 0 amide bonds. The van der Waals surface area contributed by atoms with Crippen LogP contribution < -0.4 is 5.73 Å². The molecular weight excluding hydrogens is 293 g/mol. The smallest absolute Gasteiger partial charge is 0.324 e. The SMILES string of the molecule is Cl.N[C@H](c1cc(C(F)(F)F)cc(Cl)c1F)C1CC1. The lowest BCUT2D eigenvalue weighted by atomic mass is 10.00. The van der Waals surface area contributed by atoms with Crippen molar-refractivity contribution in [1.29, 1.82) is 0 Å². The Morgan fingerprint density at radius 3 is 2.28 bits per heavy atom. The van der Waals surface area contributed by atoms with Gasteiger partial charge in [-0.2, -0.15) is 13.2 Å². The van der Waals surface area contributed by atoms with Crippen molar-refractivity contribution in [2.24, 2.45) is 11.7 Å². The van der Waals surface area contributed by atoms with Gasteiger partial charge in [0.05, 0.1) is 10.6 Å². The summed E-state index contributed by atoms with van der Waals surface area (Å²) in [6, 6.07) is 0.624. The van der Waals surface area contributed by atoms with Crippen LogP contribution in [0.2, 0.25) is 5.02 Å². The average molecular weight is 304 g/mol. The van der Waals surface area contributed by atoms with E-state index in [1.165, 1.54) is 0 Å². The van der Waals surface area contributed by atoms with Crippen molar-refractivity contribution in [3.8, 4) is 0 Å². The van der Waals surface area contributed by atoms with Crippen LogP contribution in [0.4, 0.5) is 17.6 Å². The Labute approximate surface area is 113 Å². The molecule has 2 N–H and O–H groups in total. The Morgan fingerprint density at radius 1 is 1.28 bits per heavy atom. The summed E-state index contributed by atoms with van der Waals surface area (Å²) in [6.45, 7) is 0. The number of alkyl halides is 3. The number of hydrogen-bond donors (Lipinski definition) is 1. The summed E-state index contributed by atoms with van der Waals surface area (Å²) >= 11 is 5.46. The third-order valence-electron chi connectivity index (χ3n) is 2.87. The molecule has 1 aromatic rings. The van der Waals surface area contributed by atoms with Crippen molar-refractivity contribution in [2.75, 3.05) is 0 Å². The van der Waals surface area contributed by atoms with Gasteiger partial charge in [-0.15, -0.1) is 12.4 Å². The standard InChI is InChI=1S/C11H10ClF4N.ClH/c12-8-4-6(11(14,15)16)3-7(9(8)13)10(17)5-1-2-5;/h3-5,10H,1-2,17H2;1H/t10-;/m0./s1. The highest BCUT2D eigenvalue weighted by atomic mass is 35.5. The maximum Gasteiger partial charge on any atom is 0.416 e. The molecule has 18 heavy (non-hydrogen) atoms. The fourth-order valence-corrected chi connectivity index (χ4v) is 1.95. The van der Waals surface area contributed by atoms with Gasteiger partial charge in [0.25, 0.3) is 0 Å². The van der Waals surface area contributed by atoms with Gasteiger partial charge in [-0.1, -0.05) is 11.6 Å². The average Bonchev–Trinajstić information content (AvgIpc) is 3.02. The van der Waals surface area contributed by atoms with Crippen LogP contribution in [0.25, 0.3) is 0 Å². The van der Waals surface area contributed by atoms with Crippen molar-refractivity contribution in [2.45, 2.75) is 25.1 Å². The van der Waals surface area contributed by atoms with E-state index in [2.05, 4.69) is 0 Å². The molecule has 0 spiro atoms. The number of hydrogen-bond acceptors (Lipinski definition) is 1. The van der Waals surface area contributed by atoms with Crippen LogP contribution in [-0.2, 0) is 6.18 Å². The molecular formula is C11H11Cl2F4N. The van der Waals surface area contributed by atoms with Crippen molar-refractivity contribution in [3.63, 3.8) is 0 Å². The Hall–Kier alpha value is -0.520. The lowest BCUT2D eigenvalue weighted by Crippen LogP contribution is -2.16. The zero-order valence-corrected chi connectivity index (χ0v) is 10.7. The molecule has 7 heteroatoms. The highest BCUT2D eigenvalue weighted by Gasteiger charge is 2.36. The summed E-state index contributed by atoms with van der Waals surface area (Å²) in [5, 5.41) is -0.536. The Bertz CT molecular complexity index is 443. The highest BCUT2D eigenvalue weighted by Crippen LogP contribution is 2.42. The quantitative estimate of drug-likeness (QED) is 0.809. The molecule has 1 nitrogen and oxygen atoms in total. The zero-order valence-electron chi connectivity index (χ0n) is 9.10. The van der Waals surface area contributed by atoms with Crippen LogP contribution in [0, 0.1) is 11.7 Å². The van der Waals surface area contributed by atoms with Crippen LogP contribution in [0.15, 0.2) is 12.1 Å². The molecule has 0 radical (unpaired) electrons. The molecule has 2 rings (SSSR count). The summed E-state index contributed by atoms with van der Waals surface area (Å²) in [6.07, 6.45) is -2.92. The summed E-state index contributed by atoms with van der Waals surface area (Å²) in [7, 11) is 0. The second-order valence-corrected chi connectivity index (χ2v) is 4.63. The van der Waals surface area contributed by atoms with Gasteiger partial charge in [0, 0.05) is 11.6 Å². The van der Waals surface area contributed by atoms with Crippen LogP contribution >= 0.6 is 24.0 Å². The lowest BCUT2D eigenvalue weighted by molar-refractivity contribution is -0.137. The minimum Gasteiger partial charge on any atom is -0.324 e. The molecule has 1 aliphatic carbocycles. The molecule has 1 saturated carbocycles. The predicted molar refractivity (Wildman–Crippen MR) is 63.3 cm³/mol. The first-order valence-electron chi connectivity index (χ1n) is 5.12. The van der Waals surface area contributed by atoms with Crippen LogP contribution in [0.1, 0.15) is 30.0 Å². The molecule has 1 fully saturated rings. The molecule has 0 aliphatic heterocycles. The first-order valence-corrected chi connectivity index (χ1v) is 5.50. The number of rotatable bonds is 2. The van der Waals surface area contributed by atoms with E-state index in [-0.39, 0.29) is 23.9 Å². The largest absolute Gasteiger partial charge is 0.416 e. The molecule has 0 saturated heterocycles. The Balaban J connectivity index is 0.00000162. The van der Waals surface area contributed by atoms with Gasteiger partial charge >= 0.3 is 6.18 Å². The summed E-state index contributed by atoms with van der Waals surface area (Å²) in [5.41, 5.74) is 4.61. The second-order valence-electron chi connectivity index (χ2n) is 4.22. The molecule has 102 valence electrons. The Morgan fingerprint density at radius 2 is 1.83 bits per heavy atom. The monoisotopic (exact) mass is 303 g/mol. The normalized spacial score (nSPS) is 17.2. The van der Waals surface area contributed by atoms with E-state index in [1.807, 2.05) is 0 Å². The van der Waals surface area contributed by atoms with Crippen molar-refractivity contribution >= 4 is 24.0 Å². The van der Waals surface area contributed by atoms with Gasteiger partial charge in [-0.05, 0) is 30.9 Å². The zero-order chi connectivity index (χ0) is 12.8. The minimum absolute atomic E-state index is 0. The highest BCUT2D eigenvalue weighted by molar-refractivity contribution is 6.30. The number of halogens is 6. The van der Waals surface area contributed by atoms with E-state index in [9.17, 15) is 17.6 Å². The van der Waals surface area contributed by atoms with Gasteiger partial charge in [0.15, 0.2) is 0 Å². The van der Waals surface area contributed by atoms with Gasteiger partial charge in [-0.3, -0.25) is 0 Å². The molecule has 0 heterocycles. The van der Waals surface area contributed by atoms with E-state index in [4.69, 9.17) is 17.3 Å². The fourth-order valence-electron chi connectivity index (χ4n) is 1.73. The number of nitrogens with two attached hydrogens (primary N) is 1. The van der Waals surface area contributed by atoms with E-state index >= 15 is 0 Å². The summed E-state index contributed by atoms with van der Waals surface area (Å²) in [4.78, 5) is 0. The second kappa shape index (κ2) is 5.23. The minimum atomic E-state index is -4.55. The predicted octanol–water partition coefficient (Wildman–Crippen LogP) is 4.33. The first kappa shape index (κ1) is 15.5. The lowest BCUT2D eigenvalue weighted by Gasteiger charge is -2.16. The van der Waals surface area contributed by atoms with E-state index in [0.717, 1.165) is 18.9 Å². The molecule has 1 aliphatic rings. The number of benzene rings is 1. The van der Waals surface area contributed by atoms with Crippen molar-refractivity contribution in [3.05, 3.63) is 34.1 Å². The topological polar surface area (TPSA) is 26.0 Å². The van der Waals surface area contributed by atoms with Gasteiger partial charge in [0.1, 0.15) is 5.82 Å². The molecule has 1 aromatic carbocycles. The molecule has 0 bridgehead atoms. The van der Waals surface area contributed by atoms with Crippen molar-refractivity contribution < 1.29 is 17.6 Å². The van der Waals surface area contributed by atoms with Gasteiger partial charge in [0.2, 0.25) is 0 Å². The van der Waals surface area contributed by atoms with Crippen LogP contribution in [0.3, 0.4) is 0 Å². The van der Waals surface area contributed by atoms with Gasteiger partial charge < -0.3 is 5.73 Å². The molecule has 0 aromatic heterocycles. The Kier molecular flexibility index (Phi) is 4.51. The van der Waals surface area contributed by atoms with Gasteiger partial charge in [-0.25, -0.2) is 4.39 Å². The third-order valence-corrected chi connectivity index (χ3v) is 3.15. The van der Waals surface area contributed by atoms with Crippen molar-refractivity contribution in [1.82, 2.24) is 0 Å². The third kappa shape index (κ3) is 3.08. The van der Waals surface area contributed by atoms with E-state index in [1.54, 1.807) is 0 Å². The van der Waals surface area contributed by atoms with Crippen LogP contribution in [0.5, 0.6) is 0 Å². The van der Waals surface area contributed by atoms with E-state index in [0.29, 0.717) is 6.07 Å². The molecule has 1 atom stereocenters. The van der Waals surface area contributed by atoms with Crippen LogP contribution in [-0.4, -0.2) is 0 Å². The van der Waals surface area contributed by atoms with E-state index < -0.39 is 28.6 Å². The fraction of sp³-hybridized carbons (Fsp3) is 0.455. The maximum absolute atomic E-state index is 13.6. The first-order chi connectivity index (χ1) is 7.80. The molecule has 0 unspecified atom stereocenters.